The Kier molecular flexibility index (Phi) is 6.94. The summed E-state index contributed by atoms with van der Waals surface area (Å²) in [4.78, 5) is 0. The largest absolute Gasteiger partial charge is 0.394 e. The van der Waals surface area contributed by atoms with E-state index >= 15 is 0 Å². The molecule has 0 aromatic carbocycles. The molecule has 0 bridgehead atoms. The third-order valence-electron chi connectivity index (χ3n) is 4.03. The molecule has 2 N–H and O–H groups in total. The van der Waals surface area contributed by atoms with Crippen molar-refractivity contribution in [3.05, 3.63) is 0 Å². The minimum absolute atomic E-state index is 0.119. The zero-order chi connectivity index (χ0) is 13.4. The Morgan fingerprint density at radius 2 is 2.16 bits per heavy atom. The fourth-order valence-electron chi connectivity index (χ4n) is 2.94. The van der Waals surface area contributed by atoms with Crippen LogP contribution in [0.2, 0.25) is 0 Å². The minimum Gasteiger partial charge on any atom is -0.394 e. The van der Waals surface area contributed by atoms with Crippen LogP contribution in [0.1, 0.15) is 32.1 Å². The lowest BCUT2D eigenvalue weighted by atomic mass is 9.85. The number of hydrogen-bond donors (Lipinski definition) is 2. The van der Waals surface area contributed by atoms with Crippen LogP contribution in [-0.2, 0) is 9.47 Å². The molecule has 1 spiro atoms. The van der Waals surface area contributed by atoms with Crippen LogP contribution in [0.5, 0.6) is 0 Å². The molecule has 2 heterocycles. The number of ether oxygens (including phenoxy) is 2. The molecule has 2 aliphatic rings. The van der Waals surface area contributed by atoms with Gasteiger partial charge >= 0.3 is 0 Å². The summed E-state index contributed by atoms with van der Waals surface area (Å²) in [6.45, 7) is 3.22. The van der Waals surface area contributed by atoms with E-state index in [1.807, 2.05) is 0 Å². The Balaban J connectivity index is 1.61. The van der Waals surface area contributed by atoms with E-state index in [4.69, 9.17) is 14.6 Å². The van der Waals surface area contributed by atoms with Crippen molar-refractivity contribution in [2.24, 2.45) is 0 Å². The molecule has 2 aliphatic heterocycles. The summed E-state index contributed by atoms with van der Waals surface area (Å²) in [6, 6.07) is 0.606. The molecule has 2 rings (SSSR count). The van der Waals surface area contributed by atoms with Gasteiger partial charge in [0, 0.05) is 19.3 Å². The van der Waals surface area contributed by atoms with E-state index in [0.29, 0.717) is 12.6 Å². The number of thioether (sulfide) groups is 1. The fraction of sp³-hybridized carbons (Fsp3) is 1.00. The van der Waals surface area contributed by atoms with Gasteiger partial charge in [0.1, 0.15) is 0 Å². The van der Waals surface area contributed by atoms with E-state index in [2.05, 4.69) is 17.1 Å². The molecule has 0 radical (unpaired) electrons. The standard InChI is InChI=1S/C14H27NO3S/c16-6-9-17-7-1-5-15-13-2-8-18-14(12-13)3-10-19-11-4-14/h13,15-16H,1-12H2. The summed E-state index contributed by atoms with van der Waals surface area (Å²) < 4.78 is 11.4. The molecule has 5 heteroatoms. The topological polar surface area (TPSA) is 50.7 Å². The molecular formula is C14H27NO3S. The molecule has 112 valence electrons. The lowest BCUT2D eigenvalue weighted by Crippen LogP contribution is -2.49. The third kappa shape index (κ3) is 5.23. The van der Waals surface area contributed by atoms with Gasteiger partial charge in [-0.1, -0.05) is 0 Å². The normalized spacial score (nSPS) is 26.7. The highest BCUT2D eigenvalue weighted by Gasteiger charge is 2.38. The molecule has 2 saturated heterocycles. The zero-order valence-electron chi connectivity index (χ0n) is 11.7. The number of rotatable bonds is 7. The van der Waals surface area contributed by atoms with Gasteiger partial charge in [0.2, 0.25) is 0 Å². The maximum atomic E-state index is 8.61. The summed E-state index contributed by atoms with van der Waals surface area (Å²) in [5.41, 5.74) is 0.175. The van der Waals surface area contributed by atoms with Gasteiger partial charge < -0.3 is 19.9 Å². The molecular weight excluding hydrogens is 262 g/mol. The number of nitrogens with one attached hydrogen (secondary N) is 1. The van der Waals surface area contributed by atoms with E-state index in [1.165, 1.54) is 30.8 Å². The van der Waals surface area contributed by atoms with Crippen molar-refractivity contribution in [2.75, 3.05) is 44.5 Å². The molecule has 0 amide bonds. The first-order valence-electron chi connectivity index (χ1n) is 7.48. The predicted molar refractivity (Wildman–Crippen MR) is 78.8 cm³/mol. The van der Waals surface area contributed by atoms with Gasteiger partial charge in [-0.05, 0) is 50.2 Å². The maximum absolute atomic E-state index is 8.61. The highest BCUT2D eigenvalue weighted by molar-refractivity contribution is 7.99. The fourth-order valence-corrected chi connectivity index (χ4v) is 4.18. The van der Waals surface area contributed by atoms with Crippen LogP contribution in [0.3, 0.4) is 0 Å². The second-order valence-electron chi connectivity index (χ2n) is 5.48. The Morgan fingerprint density at radius 1 is 1.32 bits per heavy atom. The Morgan fingerprint density at radius 3 is 2.95 bits per heavy atom. The van der Waals surface area contributed by atoms with Gasteiger partial charge in [-0.25, -0.2) is 0 Å². The lowest BCUT2D eigenvalue weighted by Gasteiger charge is -2.43. The van der Waals surface area contributed by atoms with Crippen LogP contribution < -0.4 is 5.32 Å². The van der Waals surface area contributed by atoms with Crippen LogP contribution >= 0.6 is 11.8 Å². The molecule has 2 fully saturated rings. The summed E-state index contributed by atoms with van der Waals surface area (Å²) >= 11 is 2.06. The molecule has 4 nitrogen and oxygen atoms in total. The van der Waals surface area contributed by atoms with E-state index < -0.39 is 0 Å². The molecule has 19 heavy (non-hydrogen) atoms. The molecule has 0 saturated carbocycles. The predicted octanol–water partition coefficient (Wildman–Crippen LogP) is 1.42. The van der Waals surface area contributed by atoms with E-state index in [-0.39, 0.29) is 12.2 Å². The molecule has 1 unspecified atom stereocenters. The van der Waals surface area contributed by atoms with Crippen molar-refractivity contribution in [1.29, 1.82) is 0 Å². The van der Waals surface area contributed by atoms with Crippen molar-refractivity contribution in [3.8, 4) is 0 Å². The number of aliphatic hydroxyl groups excluding tert-OH is 1. The average molecular weight is 289 g/mol. The first-order valence-corrected chi connectivity index (χ1v) is 8.64. The first kappa shape index (κ1) is 15.6. The quantitative estimate of drug-likeness (QED) is 0.694. The van der Waals surface area contributed by atoms with Crippen molar-refractivity contribution >= 4 is 11.8 Å². The molecule has 1 atom stereocenters. The molecule has 0 aromatic heterocycles. The van der Waals surface area contributed by atoms with Crippen LogP contribution in [0.25, 0.3) is 0 Å². The summed E-state index contributed by atoms with van der Waals surface area (Å²) in [5, 5.41) is 12.3. The number of hydrogen-bond acceptors (Lipinski definition) is 5. The maximum Gasteiger partial charge on any atom is 0.0713 e. The minimum atomic E-state index is 0.119. The summed E-state index contributed by atoms with van der Waals surface area (Å²) in [5.74, 6) is 2.50. The smallest absolute Gasteiger partial charge is 0.0713 e. The Bertz CT molecular complexity index is 241. The van der Waals surface area contributed by atoms with Gasteiger partial charge in [-0.15, -0.1) is 0 Å². The van der Waals surface area contributed by atoms with E-state index in [9.17, 15) is 0 Å². The Labute approximate surface area is 120 Å². The van der Waals surface area contributed by atoms with Gasteiger partial charge in [-0.3, -0.25) is 0 Å². The Hall–Kier alpha value is 0.190. The van der Waals surface area contributed by atoms with Crippen LogP contribution in [-0.4, -0.2) is 61.2 Å². The highest BCUT2D eigenvalue weighted by atomic mass is 32.2. The van der Waals surface area contributed by atoms with E-state index in [0.717, 1.165) is 32.6 Å². The number of aliphatic hydroxyl groups is 1. The zero-order valence-corrected chi connectivity index (χ0v) is 12.6. The summed E-state index contributed by atoms with van der Waals surface area (Å²) in [6.07, 6.45) is 5.75. The monoisotopic (exact) mass is 289 g/mol. The second-order valence-corrected chi connectivity index (χ2v) is 6.70. The molecule has 0 aromatic rings. The van der Waals surface area contributed by atoms with Crippen LogP contribution in [0.4, 0.5) is 0 Å². The van der Waals surface area contributed by atoms with Gasteiger partial charge in [-0.2, -0.15) is 11.8 Å². The lowest BCUT2D eigenvalue weighted by molar-refractivity contribution is -0.0931. The SMILES string of the molecule is OCCOCCCNC1CCOC2(CCSCC2)C1. The summed E-state index contributed by atoms with van der Waals surface area (Å²) in [7, 11) is 0. The van der Waals surface area contributed by atoms with Crippen molar-refractivity contribution in [3.63, 3.8) is 0 Å². The van der Waals surface area contributed by atoms with Gasteiger partial charge in [0.05, 0.1) is 18.8 Å². The van der Waals surface area contributed by atoms with Crippen molar-refractivity contribution < 1.29 is 14.6 Å². The van der Waals surface area contributed by atoms with Crippen molar-refractivity contribution in [2.45, 2.75) is 43.7 Å². The van der Waals surface area contributed by atoms with Gasteiger partial charge in [0.25, 0.3) is 0 Å². The first-order chi connectivity index (χ1) is 9.35. The third-order valence-corrected chi connectivity index (χ3v) is 5.02. The van der Waals surface area contributed by atoms with Crippen molar-refractivity contribution in [1.82, 2.24) is 5.32 Å². The van der Waals surface area contributed by atoms with Gasteiger partial charge in [0.15, 0.2) is 0 Å². The average Bonchev–Trinajstić information content (AvgIpc) is 2.44. The molecule has 0 aliphatic carbocycles. The highest BCUT2D eigenvalue weighted by Crippen LogP contribution is 2.37. The van der Waals surface area contributed by atoms with E-state index in [1.54, 1.807) is 0 Å². The van der Waals surface area contributed by atoms with Crippen LogP contribution in [0.15, 0.2) is 0 Å². The van der Waals surface area contributed by atoms with Crippen LogP contribution in [0, 0.1) is 0 Å². The second kappa shape index (κ2) is 8.47.